The highest BCUT2D eigenvalue weighted by Gasteiger charge is 2.15. The van der Waals surface area contributed by atoms with Gasteiger partial charge in [-0.1, -0.05) is 13.0 Å². The monoisotopic (exact) mass is 296 g/mol. The average Bonchev–Trinajstić information content (AvgIpc) is 3.09. The summed E-state index contributed by atoms with van der Waals surface area (Å²) in [4.78, 5) is 13.0. The Labute approximate surface area is 124 Å². The lowest BCUT2D eigenvalue weighted by Gasteiger charge is -2.13. The topological polar surface area (TPSA) is 50.4 Å². The van der Waals surface area contributed by atoms with E-state index in [4.69, 9.17) is 4.74 Å². The number of rotatable bonds is 7. The number of hydrogen-bond acceptors (Lipinski definition) is 3. The molecule has 20 heavy (non-hydrogen) atoms. The number of ether oxygens (including phenoxy) is 1. The Morgan fingerprint density at radius 3 is 3.15 bits per heavy atom. The molecule has 2 amide bonds. The van der Waals surface area contributed by atoms with Crippen molar-refractivity contribution in [1.82, 2.24) is 10.6 Å². The molecule has 4 nitrogen and oxygen atoms in total. The van der Waals surface area contributed by atoms with Gasteiger partial charge in [0, 0.05) is 24.6 Å². The van der Waals surface area contributed by atoms with Gasteiger partial charge in [0.2, 0.25) is 0 Å². The number of carbonyl (C=O) groups excluding carboxylic acids is 1. The number of urea groups is 1. The highest BCUT2D eigenvalue weighted by atomic mass is 32.1. The molecule has 0 radical (unpaired) electrons. The number of nitrogens with one attached hydrogen (secondary N) is 2. The van der Waals surface area contributed by atoms with E-state index >= 15 is 0 Å². The van der Waals surface area contributed by atoms with Gasteiger partial charge in [-0.2, -0.15) is 0 Å². The summed E-state index contributed by atoms with van der Waals surface area (Å²) >= 11 is 1.77. The van der Waals surface area contributed by atoms with Crippen molar-refractivity contribution in [2.24, 2.45) is 5.92 Å². The zero-order valence-electron chi connectivity index (χ0n) is 12.1. The first-order valence-electron chi connectivity index (χ1n) is 7.39. The predicted octanol–water partition coefficient (Wildman–Crippen LogP) is 2.80. The van der Waals surface area contributed by atoms with E-state index in [-0.39, 0.29) is 6.03 Å². The zero-order valence-corrected chi connectivity index (χ0v) is 12.9. The molecule has 1 saturated heterocycles. The summed E-state index contributed by atoms with van der Waals surface area (Å²) in [7, 11) is 0. The molecule has 112 valence electrons. The van der Waals surface area contributed by atoms with Crippen LogP contribution in [0.5, 0.6) is 0 Å². The third kappa shape index (κ3) is 5.51. The van der Waals surface area contributed by atoms with E-state index in [0.717, 1.165) is 32.3 Å². The first-order chi connectivity index (χ1) is 9.74. The van der Waals surface area contributed by atoms with Crippen LogP contribution in [0.3, 0.4) is 0 Å². The standard InChI is InChI=1S/C15H24N2O2S/c1-12(10-14-5-3-9-20-14)11-17-15(18)16-7-6-13-4-2-8-19-13/h3,5,9,12-13H,2,4,6-8,10-11H2,1H3,(H2,16,17,18). The molecule has 2 rings (SSSR count). The summed E-state index contributed by atoms with van der Waals surface area (Å²) in [6, 6.07) is 4.14. The Morgan fingerprint density at radius 1 is 1.55 bits per heavy atom. The Hall–Kier alpha value is -1.07. The summed E-state index contributed by atoms with van der Waals surface area (Å²) in [6.45, 7) is 4.43. The lowest BCUT2D eigenvalue weighted by atomic mass is 10.1. The van der Waals surface area contributed by atoms with Crippen molar-refractivity contribution in [3.63, 3.8) is 0 Å². The van der Waals surface area contributed by atoms with Gasteiger partial charge < -0.3 is 15.4 Å². The molecular weight excluding hydrogens is 272 g/mol. The SMILES string of the molecule is CC(CNC(=O)NCCC1CCCO1)Cc1cccs1. The van der Waals surface area contributed by atoms with Crippen molar-refractivity contribution in [3.8, 4) is 0 Å². The van der Waals surface area contributed by atoms with Crippen LogP contribution >= 0.6 is 11.3 Å². The molecule has 2 N–H and O–H groups in total. The third-order valence-electron chi connectivity index (χ3n) is 3.52. The molecule has 1 aromatic rings. The minimum absolute atomic E-state index is 0.0685. The molecule has 2 unspecified atom stereocenters. The Balaban J connectivity index is 1.52. The Bertz CT molecular complexity index is 389. The minimum Gasteiger partial charge on any atom is -0.378 e. The quantitative estimate of drug-likeness (QED) is 0.813. The van der Waals surface area contributed by atoms with Crippen LogP contribution in [0.15, 0.2) is 17.5 Å². The van der Waals surface area contributed by atoms with Crippen molar-refractivity contribution in [3.05, 3.63) is 22.4 Å². The van der Waals surface area contributed by atoms with Gasteiger partial charge in [-0.25, -0.2) is 4.79 Å². The number of amides is 2. The second-order valence-electron chi connectivity index (χ2n) is 5.45. The normalized spacial score (nSPS) is 19.8. The largest absolute Gasteiger partial charge is 0.378 e. The highest BCUT2D eigenvalue weighted by molar-refractivity contribution is 7.09. The van der Waals surface area contributed by atoms with Gasteiger partial charge in [0.05, 0.1) is 6.10 Å². The van der Waals surface area contributed by atoms with Crippen LogP contribution in [0.4, 0.5) is 4.79 Å². The number of carbonyl (C=O) groups is 1. The molecule has 2 atom stereocenters. The summed E-state index contributed by atoms with van der Waals surface area (Å²) in [5.41, 5.74) is 0. The number of hydrogen-bond donors (Lipinski definition) is 2. The van der Waals surface area contributed by atoms with Gasteiger partial charge in [0.25, 0.3) is 0 Å². The molecule has 1 aromatic heterocycles. The average molecular weight is 296 g/mol. The lowest BCUT2D eigenvalue weighted by Crippen LogP contribution is -2.39. The Kier molecular flexibility index (Phi) is 6.33. The van der Waals surface area contributed by atoms with E-state index in [1.807, 2.05) is 0 Å². The first-order valence-corrected chi connectivity index (χ1v) is 8.27. The van der Waals surface area contributed by atoms with Crippen molar-refractivity contribution in [2.75, 3.05) is 19.7 Å². The van der Waals surface area contributed by atoms with E-state index in [9.17, 15) is 4.79 Å². The van der Waals surface area contributed by atoms with Crippen LogP contribution in [-0.4, -0.2) is 31.8 Å². The van der Waals surface area contributed by atoms with Gasteiger partial charge in [-0.15, -0.1) is 11.3 Å². The van der Waals surface area contributed by atoms with Crippen LogP contribution in [0.25, 0.3) is 0 Å². The van der Waals surface area contributed by atoms with Gasteiger partial charge in [-0.3, -0.25) is 0 Å². The zero-order chi connectivity index (χ0) is 14.2. The van der Waals surface area contributed by atoms with Crippen molar-refractivity contribution < 1.29 is 9.53 Å². The second kappa shape index (κ2) is 8.27. The number of thiophene rings is 1. The molecule has 1 aliphatic rings. The fourth-order valence-corrected chi connectivity index (χ4v) is 3.26. The van der Waals surface area contributed by atoms with Crippen LogP contribution in [-0.2, 0) is 11.2 Å². The van der Waals surface area contributed by atoms with E-state index in [1.165, 1.54) is 4.88 Å². The lowest BCUT2D eigenvalue weighted by molar-refractivity contribution is 0.104. The van der Waals surface area contributed by atoms with Gasteiger partial charge in [-0.05, 0) is 43.0 Å². The van der Waals surface area contributed by atoms with Gasteiger partial charge >= 0.3 is 6.03 Å². The fraction of sp³-hybridized carbons (Fsp3) is 0.667. The molecule has 2 heterocycles. The fourth-order valence-electron chi connectivity index (χ4n) is 2.39. The molecule has 5 heteroatoms. The van der Waals surface area contributed by atoms with E-state index in [2.05, 4.69) is 35.1 Å². The second-order valence-corrected chi connectivity index (χ2v) is 6.48. The van der Waals surface area contributed by atoms with Gasteiger partial charge in [0.15, 0.2) is 0 Å². The van der Waals surface area contributed by atoms with E-state index in [1.54, 1.807) is 11.3 Å². The minimum atomic E-state index is -0.0685. The molecule has 1 aliphatic heterocycles. The van der Waals surface area contributed by atoms with Crippen molar-refractivity contribution >= 4 is 17.4 Å². The molecule has 0 aliphatic carbocycles. The molecule has 0 saturated carbocycles. The van der Waals surface area contributed by atoms with E-state index < -0.39 is 0 Å². The van der Waals surface area contributed by atoms with E-state index in [0.29, 0.717) is 25.1 Å². The maximum atomic E-state index is 11.7. The van der Waals surface area contributed by atoms with Crippen molar-refractivity contribution in [1.29, 1.82) is 0 Å². The molecule has 0 spiro atoms. The van der Waals surface area contributed by atoms with Crippen molar-refractivity contribution in [2.45, 2.75) is 38.7 Å². The maximum Gasteiger partial charge on any atom is 0.314 e. The molecule has 0 bridgehead atoms. The van der Waals surface area contributed by atoms with Crippen LogP contribution in [0.1, 0.15) is 31.1 Å². The molecule has 1 fully saturated rings. The Morgan fingerprint density at radius 2 is 2.45 bits per heavy atom. The van der Waals surface area contributed by atoms with Crippen LogP contribution in [0, 0.1) is 5.92 Å². The smallest absolute Gasteiger partial charge is 0.314 e. The maximum absolute atomic E-state index is 11.7. The molecular formula is C15H24N2O2S. The van der Waals surface area contributed by atoms with Crippen LogP contribution < -0.4 is 10.6 Å². The van der Waals surface area contributed by atoms with Gasteiger partial charge in [0.1, 0.15) is 0 Å². The summed E-state index contributed by atoms with van der Waals surface area (Å²) in [5, 5.41) is 7.92. The summed E-state index contributed by atoms with van der Waals surface area (Å²) in [6.07, 6.45) is 4.55. The summed E-state index contributed by atoms with van der Waals surface area (Å²) < 4.78 is 5.52. The predicted molar refractivity (Wildman–Crippen MR) is 82.2 cm³/mol. The summed E-state index contributed by atoms with van der Waals surface area (Å²) in [5.74, 6) is 0.456. The first kappa shape index (κ1) is 15.3. The van der Waals surface area contributed by atoms with Crippen LogP contribution in [0.2, 0.25) is 0 Å². The highest BCUT2D eigenvalue weighted by Crippen LogP contribution is 2.14. The molecule has 0 aromatic carbocycles. The third-order valence-corrected chi connectivity index (χ3v) is 4.42.